The zero-order chi connectivity index (χ0) is 14.9. The van der Waals surface area contributed by atoms with E-state index in [9.17, 15) is 14.7 Å². The number of amides is 1. The Hall–Kier alpha value is -1.50. The monoisotopic (exact) mass is 297 g/mol. The molecule has 1 N–H and O–H groups in total. The molecule has 1 saturated heterocycles. The van der Waals surface area contributed by atoms with E-state index < -0.39 is 11.4 Å². The second-order valence-corrected chi connectivity index (χ2v) is 6.25. The first-order valence-electron chi connectivity index (χ1n) is 6.76. The maximum atomic E-state index is 12.5. The number of rotatable bonds is 4. The molecule has 0 spiro atoms. The molecule has 0 saturated carbocycles. The zero-order valence-corrected chi connectivity index (χ0v) is 12.7. The molecule has 2 heterocycles. The predicted octanol–water partition coefficient (Wildman–Crippen LogP) is 1.67. The summed E-state index contributed by atoms with van der Waals surface area (Å²) in [6, 6.07) is 0. The largest absolute Gasteiger partial charge is 0.481 e. The van der Waals surface area contributed by atoms with Crippen molar-refractivity contribution < 1.29 is 14.7 Å². The standard InChI is InChI=1S/C13H19N3O3S/c1-4-9-10(20-15-14-9)11(17)16-6-5-13(7-16,8(2)3)12(18)19/h8H,4-7H2,1-3H3,(H,18,19). The number of aromatic nitrogens is 2. The Bertz CT molecular complexity index is 529. The van der Waals surface area contributed by atoms with E-state index in [4.69, 9.17) is 0 Å². The Morgan fingerprint density at radius 1 is 1.50 bits per heavy atom. The van der Waals surface area contributed by atoms with Crippen molar-refractivity contribution in [3.8, 4) is 0 Å². The first kappa shape index (κ1) is 14.9. The van der Waals surface area contributed by atoms with Gasteiger partial charge >= 0.3 is 5.97 Å². The van der Waals surface area contributed by atoms with Gasteiger partial charge in [-0.15, -0.1) is 5.10 Å². The molecule has 0 radical (unpaired) electrons. The minimum Gasteiger partial charge on any atom is -0.481 e. The summed E-state index contributed by atoms with van der Waals surface area (Å²) >= 11 is 1.09. The summed E-state index contributed by atoms with van der Waals surface area (Å²) in [5.74, 6) is -0.968. The van der Waals surface area contributed by atoms with Gasteiger partial charge in [0.25, 0.3) is 5.91 Å². The number of hydrogen-bond donors (Lipinski definition) is 1. The lowest BCUT2D eigenvalue weighted by Crippen LogP contribution is -2.40. The summed E-state index contributed by atoms with van der Waals surface area (Å²) in [5, 5.41) is 13.4. The first-order valence-corrected chi connectivity index (χ1v) is 7.53. The molecular weight excluding hydrogens is 278 g/mol. The molecular formula is C13H19N3O3S. The molecule has 1 aromatic heterocycles. The number of nitrogens with zero attached hydrogens (tertiary/aromatic N) is 3. The van der Waals surface area contributed by atoms with Crippen LogP contribution in [0.25, 0.3) is 0 Å². The van der Waals surface area contributed by atoms with Gasteiger partial charge in [-0.1, -0.05) is 25.3 Å². The normalized spacial score (nSPS) is 22.5. The maximum absolute atomic E-state index is 12.5. The van der Waals surface area contributed by atoms with Crippen LogP contribution in [0.4, 0.5) is 0 Å². The molecule has 1 atom stereocenters. The van der Waals surface area contributed by atoms with Crippen LogP contribution in [0.15, 0.2) is 0 Å². The minimum atomic E-state index is -0.833. The molecule has 1 fully saturated rings. The van der Waals surface area contributed by atoms with Gasteiger partial charge in [0.1, 0.15) is 4.88 Å². The van der Waals surface area contributed by atoms with Crippen LogP contribution >= 0.6 is 11.5 Å². The van der Waals surface area contributed by atoms with Crippen molar-refractivity contribution in [2.45, 2.75) is 33.6 Å². The fraction of sp³-hybridized carbons (Fsp3) is 0.692. The number of carbonyl (C=O) groups is 2. The molecule has 20 heavy (non-hydrogen) atoms. The van der Waals surface area contributed by atoms with Gasteiger partial charge in [-0.3, -0.25) is 9.59 Å². The minimum absolute atomic E-state index is 0.0111. The lowest BCUT2D eigenvalue weighted by molar-refractivity contribution is -0.150. The topological polar surface area (TPSA) is 83.4 Å². The summed E-state index contributed by atoms with van der Waals surface area (Å²) in [4.78, 5) is 26.2. The molecule has 1 amide bonds. The van der Waals surface area contributed by atoms with Gasteiger partial charge in [0, 0.05) is 13.1 Å². The zero-order valence-electron chi connectivity index (χ0n) is 11.9. The van der Waals surface area contributed by atoms with Crippen molar-refractivity contribution in [1.29, 1.82) is 0 Å². The van der Waals surface area contributed by atoms with Crippen molar-refractivity contribution in [3.63, 3.8) is 0 Å². The van der Waals surface area contributed by atoms with Crippen molar-refractivity contribution in [2.24, 2.45) is 11.3 Å². The highest BCUT2D eigenvalue weighted by atomic mass is 32.1. The number of carbonyl (C=O) groups excluding carboxylic acids is 1. The van der Waals surface area contributed by atoms with E-state index in [0.29, 0.717) is 30.0 Å². The van der Waals surface area contributed by atoms with E-state index in [-0.39, 0.29) is 18.4 Å². The van der Waals surface area contributed by atoms with Gasteiger partial charge < -0.3 is 10.0 Å². The highest BCUT2D eigenvalue weighted by Crippen LogP contribution is 2.38. The van der Waals surface area contributed by atoms with E-state index in [2.05, 4.69) is 9.59 Å². The number of carboxylic acid groups (broad SMARTS) is 1. The molecule has 1 aliphatic rings. The lowest BCUT2D eigenvalue weighted by Gasteiger charge is -2.28. The van der Waals surface area contributed by atoms with E-state index in [1.165, 1.54) is 0 Å². The lowest BCUT2D eigenvalue weighted by atomic mass is 9.76. The first-order chi connectivity index (χ1) is 9.42. The Morgan fingerprint density at radius 2 is 2.20 bits per heavy atom. The van der Waals surface area contributed by atoms with E-state index in [0.717, 1.165) is 11.5 Å². The molecule has 0 aliphatic carbocycles. The van der Waals surface area contributed by atoms with Crippen LogP contribution in [-0.4, -0.2) is 44.6 Å². The van der Waals surface area contributed by atoms with E-state index >= 15 is 0 Å². The van der Waals surface area contributed by atoms with E-state index in [1.54, 1.807) is 4.90 Å². The third kappa shape index (κ3) is 2.30. The molecule has 110 valence electrons. The molecule has 2 rings (SSSR count). The highest BCUT2D eigenvalue weighted by Gasteiger charge is 2.48. The Kier molecular flexibility index (Phi) is 4.08. The quantitative estimate of drug-likeness (QED) is 0.914. The molecule has 1 unspecified atom stereocenters. The van der Waals surface area contributed by atoms with Crippen LogP contribution in [-0.2, 0) is 11.2 Å². The molecule has 0 aromatic carbocycles. The molecule has 1 aliphatic heterocycles. The van der Waals surface area contributed by atoms with Gasteiger partial charge in [-0.2, -0.15) is 0 Å². The van der Waals surface area contributed by atoms with Crippen molar-refractivity contribution in [2.75, 3.05) is 13.1 Å². The fourth-order valence-electron chi connectivity index (χ4n) is 2.65. The summed E-state index contributed by atoms with van der Waals surface area (Å²) in [7, 11) is 0. The SMILES string of the molecule is CCc1nnsc1C(=O)N1CCC(C(=O)O)(C(C)C)C1. The van der Waals surface area contributed by atoms with Crippen LogP contribution in [0.5, 0.6) is 0 Å². The highest BCUT2D eigenvalue weighted by molar-refractivity contribution is 7.08. The number of likely N-dealkylation sites (tertiary alicyclic amines) is 1. The van der Waals surface area contributed by atoms with E-state index in [1.807, 2.05) is 20.8 Å². The summed E-state index contributed by atoms with van der Waals surface area (Å²) in [6.07, 6.45) is 1.15. The Balaban J connectivity index is 2.21. The molecule has 6 nitrogen and oxygen atoms in total. The second kappa shape index (κ2) is 5.47. The number of hydrogen-bond acceptors (Lipinski definition) is 5. The van der Waals surface area contributed by atoms with Gasteiger partial charge in [0.05, 0.1) is 11.1 Å². The molecule has 1 aromatic rings. The van der Waals surface area contributed by atoms with Crippen LogP contribution in [0, 0.1) is 11.3 Å². The number of aliphatic carboxylic acids is 1. The maximum Gasteiger partial charge on any atom is 0.311 e. The molecule has 7 heteroatoms. The molecule has 0 bridgehead atoms. The smallest absolute Gasteiger partial charge is 0.311 e. The average molecular weight is 297 g/mol. The van der Waals surface area contributed by atoms with Crippen molar-refractivity contribution in [3.05, 3.63) is 10.6 Å². The van der Waals surface area contributed by atoms with Gasteiger partial charge in [-0.25, -0.2) is 0 Å². The average Bonchev–Trinajstić information content (AvgIpc) is 3.05. The third-order valence-electron chi connectivity index (χ3n) is 4.20. The van der Waals surface area contributed by atoms with Crippen LogP contribution in [0.1, 0.15) is 42.6 Å². The van der Waals surface area contributed by atoms with Crippen LogP contribution < -0.4 is 0 Å². The summed E-state index contributed by atoms with van der Waals surface area (Å²) in [6.45, 7) is 6.46. The van der Waals surface area contributed by atoms with Gasteiger partial charge in [-0.05, 0) is 30.3 Å². The van der Waals surface area contributed by atoms with Gasteiger partial charge in [0.15, 0.2) is 0 Å². The van der Waals surface area contributed by atoms with Crippen molar-refractivity contribution >= 4 is 23.4 Å². The second-order valence-electron chi connectivity index (χ2n) is 5.50. The number of carboxylic acids is 1. The predicted molar refractivity (Wildman–Crippen MR) is 74.7 cm³/mol. The Morgan fingerprint density at radius 3 is 2.70 bits per heavy atom. The van der Waals surface area contributed by atoms with Crippen LogP contribution in [0.2, 0.25) is 0 Å². The number of aryl methyl sites for hydroxylation is 1. The van der Waals surface area contributed by atoms with Crippen LogP contribution in [0.3, 0.4) is 0 Å². The Labute approximate surface area is 122 Å². The van der Waals surface area contributed by atoms with Gasteiger partial charge in [0.2, 0.25) is 0 Å². The summed E-state index contributed by atoms with van der Waals surface area (Å²) in [5.41, 5.74) is -0.141. The third-order valence-corrected chi connectivity index (χ3v) is 4.96. The fourth-order valence-corrected chi connectivity index (χ4v) is 3.36. The summed E-state index contributed by atoms with van der Waals surface area (Å²) < 4.78 is 3.82. The van der Waals surface area contributed by atoms with Crippen molar-refractivity contribution in [1.82, 2.24) is 14.5 Å².